The maximum atomic E-state index is 12.1. The SMILES string of the molecule is O=C1Oc2cc(O)ccc2CC1c1cc(O)cc(Br)c1O. The highest BCUT2D eigenvalue weighted by Gasteiger charge is 2.32. The summed E-state index contributed by atoms with van der Waals surface area (Å²) in [5.74, 6) is -1.08. The predicted molar refractivity (Wildman–Crippen MR) is 77.7 cm³/mol. The molecule has 0 radical (unpaired) electrons. The third kappa shape index (κ3) is 2.42. The third-order valence-electron chi connectivity index (χ3n) is 3.42. The molecule has 3 rings (SSSR count). The number of esters is 1. The Morgan fingerprint density at radius 2 is 1.86 bits per heavy atom. The van der Waals surface area contributed by atoms with Gasteiger partial charge in [-0.2, -0.15) is 0 Å². The minimum Gasteiger partial charge on any atom is -0.508 e. The van der Waals surface area contributed by atoms with E-state index in [9.17, 15) is 20.1 Å². The molecule has 2 aromatic rings. The normalized spacial score (nSPS) is 17.2. The number of carbonyl (C=O) groups is 1. The number of benzene rings is 2. The fourth-order valence-electron chi connectivity index (χ4n) is 2.40. The van der Waals surface area contributed by atoms with Crippen LogP contribution in [0, 0.1) is 0 Å². The average molecular weight is 351 g/mol. The van der Waals surface area contributed by atoms with E-state index >= 15 is 0 Å². The van der Waals surface area contributed by atoms with E-state index in [1.165, 1.54) is 24.3 Å². The molecule has 1 unspecified atom stereocenters. The summed E-state index contributed by atoms with van der Waals surface area (Å²) in [6, 6.07) is 7.24. The molecule has 1 atom stereocenters. The number of halogens is 1. The molecule has 1 aliphatic rings. The van der Waals surface area contributed by atoms with Crippen molar-refractivity contribution < 1.29 is 24.9 Å². The van der Waals surface area contributed by atoms with E-state index in [0.717, 1.165) is 5.56 Å². The summed E-state index contributed by atoms with van der Waals surface area (Å²) in [5, 5.41) is 29.1. The zero-order valence-corrected chi connectivity index (χ0v) is 12.3. The van der Waals surface area contributed by atoms with Gasteiger partial charge >= 0.3 is 5.97 Å². The molecule has 0 aliphatic carbocycles. The van der Waals surface area contributed by atoms with E-state index in [-0.39, 0.29) is 17.2 Å². The lowest BCUT2D eigenvalue weighted by molar-refractivity contribution is -0.137. The van der Waals surface area contributed by atoms with Crippen LogP contribution in [0.5, 0.6) is 23.0 Å². The van der Waals surface area contributed by atoms with Crippen molar-refractivity contribution in [3.8, 4) is 23.0 Å². The first-order chi connectivity index (χ1) is 9.95. The monoisotopic (exact) mass is 350 g/mol. The van der Waals surface area contributed by atoms with Gasteiger partial charge in [0.25, 0.3) is 0 Å². The molecule has 0 aromatic heterocycles. The van der Waals surface area contributed by atoms with Crippen LogP contribution in [-0.2, 0) is 11.2 Å². The zero-order chi connectivity index (χ0) is 15.1. The van der Waals surface area contributed by atoms with E-state index in [1.807, 2.05) is 0 Å². The minimum absolute atomic E-state index is 0.0166. The second-order valence-corrected chi connectivity index (χ2v) is 5.69. The number of hydrogen-bond acceptors (Lipinski definition) is 5. The van der Waals surface area contributed by atoms with Crippen LogP contribution in [-0.4, -0.2) is 21.3 Å². The van der Waals surface area contributed by atoms with Crippen molar-refractivity contribution in [3.05, 3.63) is 45.9 Å². The molecule has 6 heteroatoms. The van der Waals surface area contributed by atoms with Crippen LogP contribution < -0.4 is 4.74 Å². The van der Waals surface area contributed by atoms with E-state index in [4.69, 9.17) is 4.74 Å². The van der Waals surface area contributed by atoms with Gasteiger partial charge in [-0.1, -0.05) is 6.07 Å². The fourth-order valence-corrected chi connectivity index (χ4v) is 2.86. The summed E-state index contributed by atoms with van der Waals surface area (Å²) < 4.78 is 5.51. The van der Waals surface area contributed by atoms with Crippen molar-refractivity contribution >= 4 is 21.9 Å². The molecular formula is C15H11BrO5. The molecule has 0 fully saturated rings. The standard InChI is InChI=1S/C15H11BrO5/c16-12-5-9(18)4-10(14(12)19)11-3-7-1-2-8(17)6-13(7)21-15(11)20/h1-2,4-6,11,17-19H,3H2. The molecule has 0 saturated carbocycles. The Balaban J connectivity index is 2.05. The Labute approximate surface area is 128 Å². The van der Waals surface area contributed by atoms with Gasteiger partial charge in [0.05, 0.1) is 10.4 Å². The number of hydrogen-bond donors (Lipinski definition) is 3. The van der Waals surface area contributed by atoms with Crippen molar-refractivity contribution in [1.29, 1.82) is 0 Å². The first-order valence-corrected chi connectivity index (χ1v) is 7.00. The lowest BCUT2D eigenvalue weighted by Crippen LogP contribution is -2.26. The van der Waals surface area contributed by atoms with Gasteiger partial charge in [-0.15, -0.1) is 0 Å². The maximum absolute atomic E-state index is 12.1. The minimum atomic E-state index is -0.717. The Morgan fingerprint density at radius 3 is 2.62 bits per heavy atom. The highest BCUT2D eigenvalue weighted by molar-refractivity contribution is 9.10. The molecule has 5 nitrogen and oxygen atoms in total. The number of carbonyl (C=O) groups excluding carboxylic acids is 1. The number of phenolic OH excluding ortho intramolecular Hbond substituents is 3. The van der Waals surface area contributed by atoms with Gasteiger partial charge < -0.3 is 20.1 Å². The van der Waals surface area contributed by atoms with E-state index in [0.29, 0.717) is 22.2 Å². The Morgan fingerprint density at radius 1 is 1.10 bits per heavy atom. The van der Waals surface area contributed by atoms with Gasteiger partial charge in [0.15, 0.2) is 0 Å². The van der Waals surface area contributed by atoms with E-state index < -0.39 is 11.9 Å². The summed E-state index contributed by atoms with van der Waals surface area (Å²) in [4.78, 5) is 12.1. The first-order valence-electron chi connectivity index (χ1n) is 6.20. The first kappa shape index (κ1) is 13.8. The second-order valence-electron chi connectivity index (χ2n) is 4.84. The van der Waals surface area contributed by atoms with Gasteiger partial charge in [-0.05, 0) is 46.1 Å². The third-order valence-corrected chi connectivity index (χ3v) is 4.03. The van der Waals surface area contributed by atoms with Crippen molar-refractivity contribution in [1.82, 2.24) is 0 Å². The van der Waals surface area contributed by atoms with Crippen molar-refractivity contribution in [3.63, 3.8) is 0 Å². The van der Waals surface area contributed by atoms with Crippen LogP contribution in [0.4, 0.5) is 0 Å². The number of fused-ring (bicyclic) bond motifs is 1. The van der Waals surface area contributed by atoms with Crippen molar-refractivity contribution in [2.45, 2.75) is 12.3 Å². The lowest BCUT2D eigenvalue weighted by atomic mass is 9.89. The van der Waals surface area contributed by atoms with Gasteiger partial charge in [0.2, 0.25) is 0 Å². The topological polar surface area (TPSA) is 87.0 Å². The van der Waals surface area contributed by atoms with E-state index in [2.05, 4.69) is 15.9 Å². The summed E-state index contributed by atoms with van der Waals surface area (Å²) in [7, 11) is 0. The largest absolute Gasteiger partial charge is 0.508 e. The number of ether oxygens (including phenoxy) is 1. The van der Waals surface area contributed by atoms with E-state index in [1.54, 1.807) is 6.07 Å². The Hall–Kier alpha value is -2.21. The molecule has 1 aliphatic heterocycles. The van der Waals surface area contributed by atoms with Gasteiger partial charge in [0, 0.05) is 11.6 Å². The highest BCUT2D eigenvalue weighted by Crippen LogP contribution is 2.41. The smallest absolute Gasteiger partial charge is 0.319 e. The van der Waals surface area contributed by atoms with Gasteiger partial charge in [0.1, 0.15) is 23.0 Å². The number of phenols is 3. The number of rotatable bonds is 1. The van der Waals surface area contributed by atoms with Gasteiger partial charge in [-0.25, -0.2) is 0 Å². The van der Waals surface area contributed by atoms with Crippen LogP contribution in [0.3, 0.4) is 0 Å². The molecular weight excluding hydrogens is 340 g/mol. The molecule has 108 valence electrons. The Bertz CT molecular complexity index is 741. The predicted octanol–water partition coefficient (Wildman–Crippen LogP) is 2.81. The molecule has 0 amide bonds. The van der Waals surface area contributed by atoms with Crippen LogP contribution in [0.25, 0.3) is 0 Å². The molecule has 0 saturated heterocycles. The second kappa shape index (κ2) is 4.96. The number of aromatic hydroxyl groups is 3. The maximum Gasteiger partial charge on any atom is 0.319 e. The summed E-state index contributed by atoms with van der Waals surface area (Å²) in [5.41, 5.74) is 1.04. The summed E-state index contributed by atoms with van der Waals surface area (Å²) >= 11 is 3.13. The van der Waals surface area contributed by atoms with Crippen LogP contribution in [0.1, 0.15) is 17.0 Å². The molecule has 21 heavy (non-hydrogen) atoms. The molecule has 1 heterocycles. The zero-order valence-electron chi connectivity index (χ0n) is 10.7. The highest BCUT2D eigenvalue weighted by atomic mass is 79.9. The molecule has 0 spiro atoms. The molecule has 3 N–H and O–H groups in total. The van der Waals surface area contributed by atoms with Crippen LogP contribution in [0.2, 0.25) is 0 Å². The van der Waals surface area contributed by atoms with Crippen molar-refractivity contribution in [2.75, 3.05) is 0 Å². The molecule has 0 bridgehead atoms. The Kier molecular flexibility index (Phi) is 3.25. The van der Waals surface area contributed by atoms with Gasteiger partial charge in [-0.3, -0.25) is 4.79 Å². The average Bonchev–Trinajstić information content (AvgIpc) is 2.42. The van der Waals surface area contributed by atoms with Crippen molar-refractivity contribution in [2.24, 2.45) is 0 Å². The van der Waals surface area contributed by atoms with Crippen LogP contribution >= 0.6 is 15.9 Å². The quantitative estimate of drug-likeness (QED) is 0.418. The lowest BCUT2D eigenvalue weighted by Gasteiger charge is -2.24. The summed E-state index contributed by atoms with van der Waals surface area (Å²) in [6.07, 6.45) is 0.317. The molecule has 2 aromatic carbocycles. The fraction of sp³-hybridized carbons (Fsp3) is 0.133. The summed E-state index contributed by atoms with van der Waals surface area (Å²) in [6.45, 7) is 0. The van der Waals surface area contributed by atoms with Crippen LogP contribution in [0.15, 0.2) is 34.8 Å².